The molecule has 0 aliphatic carbocycles. The van der Waals surface area contributed by atoms with E-state index in [0.717, 1.165) is 17.8 Å². The zero-order chi connectivity index (χ0) is 14.5. The molecule has 3 nitrogen and oxygen atoms in total. The minimum absolute atomic E-state index is 0.238. The molecule has 0 bridgehead atoms. The zero-order valence-electron chi connectivity index (χ0n) is 11.9. The molecule has 0 aliphatic heterocycles. The van der Waals surface area contributed by atoms with E-state index in [9.17, 15) is 4.39 Å². The van der Waals surface area contributed by atoms with Crippen LogP contribution >= 0.6 is 11.3 Å². The van der Waals surface area contributed by atoms with Gasteiger partial charge in [0.1, 0.15) is 16.6 Å². The molecule has 0 saturated heterocycles. The number of thiazole rings is 1. The Morgan fingerprint density at radius 1 is 1.45 bits per heavy atom. The molecule has 5 heteroatoms. The minimum Gasteiger partial charge on any atom is -0.497 e. The van der Waals surface area contributed by atoms with E-state index in [4.69, 9.17) is 4.74 Å². The molecule has 20 heavy (non-hydrogen) atoms. The third kappa shape index (κ3) is 3.35. The van der Waals surface area contributed by atoms with Crippen LogP contribution in [0.1, 0.15) is 31.2 Å². The summed E-state index contributed by atoms with van der Waals surface area (Å²) < 4.78 is 19.0. The molecule has 1 unspecified atom stereocenters. The van der Waals surface area contributed by atoms with Crippen LogP contribution in [0.4, 0.5) is 4.39 Å². The molecule has 1 aromatic carbocycles. The number of rotatable bonds is 6. The van der Waals surface area contributed by atoms with E-state index in [1.54, 1.807) is 12.1 Å². The van der Waals surface area contributed by atoms with Gasteiger partial charge in [-0.2, -0.15) is 0 Å². The first-order valence-electron chi connectivity index (χ1n) is 6.68. The normalized spacial score (nSPS) is 12.4. The lowest BCUT2D eigenvalue weighted by Crippen LogP contribution is -2.18. The van der Waals surface area contributed by atoms with Crippen molar-refractivity contribution in [2.75, 3.05) is 13.7 Å². The maximum Gasteiger partial charge on any atom is 0.137 e. The first kappa shape index (κ1) is 14.9. The van der Waals surface area contributed by atoms with Crippen molar-refractivity contribution in [1.82, 2.24) is 10.3 Å². The number of benzene rings is 1. The van der Waals surface area contributed by atoms with Gasteiger partial charge in [0.15, 0.2) is 0 Å². The number of hydrogen-bond donors (Lipinski definition) is 1. The van der Waals surface area contributed by atoms with E-state index in [1.807, 2.05) is 6.20 Å². The highest BCUT2D eigenvalue weighted by atomic mass is 32.1. The highest BCUT2D eigenvalue weighted by Gasteiger charge is 2.13. The molecule has 0 radical (unpaired) electrons. The van der Waals surface area contributed by atoms with Crippen molar-refractivity contribution in [2.24, 2.45) is 0 Å². The molecule has 0 amide bonds. The molecule has 0 spiro atoms. The Balaban J connectivity index is 2.20. The van der Waals surface area contributed by atoms with Gasteiger partial charge in [0, 0.05) is 28.7 Å². The van der Waals surface area contributed by atoms with Gasteiger partial charge < -0.3 is 10.1 Å². The summed E-state index contributed by atoms with van der Waals surface area (Å²) in [5.74, 6) is 0.209. The standard InChI is InChI=1S/C15H19FN2OS/c1-4-7-17-10(2)14-9-18-15(20-14)12-6-5-11(19-3)8-13(12)16/h5-6,8-10,17H,4,7H2,1-3H3. The molecular formula is C15H19FN2OS. The van der Waals surface area contributed by atoms with Crippen LogP contribution in [0.3, 0.4) is 0 Å². The molecule has 1 heterocycles. The fraction of sp³-hybridized carbons (Fsp3) is 0.400. The number of ether oxygens (including phenoxy) is 1. The van der Waals surface area contributed by atoms with E-state index in [1.165, 1.54) is 24.5 Å². The highest BCUT2D eigenvalue weighted by molar-refractivity contribution is 7.15. The lowest BCUT2D eigenvalue weighted by atomic mass is 10.2. The topological polar surface area (TPSA) is 34.2 Å². The van der Waals surface area contributed by atoms with Gasteiger partial charge in [-0.1, -0.05) is 6.92 Å². The summed E-state index contributed by atoms with van der Waals surface area (Å²) in [7, 11) is 1.52. The molecule has 0 saturated carbocycles. The van der Waals surface area contributed by atoms with Crippen molar-refractivity contribution >= 4 is 11.3 Å². The molecule has 1 aromatic heterocycles. The first-order valence-corrected chi connectivity index (χ1v) is 7.50. The van der Waals surface area contributed by atoms with Crippen molar-refractivity contribution in [1.29, 1.82) is 0 Å². The van der Waals surface area contributed by atoms with Crippen LogP contribution in [0.15, 0.2) is 24.4 Å². The summed E-state index contributed by atoms with van der Waals surface area (Å²) >= 11 is 1.52. The lowest BCUT2D eigenvalue weighted by Gasteiger charge is -2.09. The summed E-state index contributed by atoms with van der Waals surface area (Å²) in [6.07, 6.45) is 2.90. The predicted molar refractivity (Wildman–Crippen MR) is 80.8 cm³/mol. The molecule has 108 valence electrons. The first-order chi connectivity index (χ1) is 9.65. The summed E-state index contributed by atoms with van der Waals surface area (Å²) in [4.78, 5) is 5.44. The fourth-order valence-corrected chi connectivity index (χ4v) is 2.84. The highest BCUT2D eigenvalue weighted by Crippen LogP contribution is 2.31. The Morgan fingerprint density at radius 2 is 2.25 bits per heavy atom. The largest absolute Gasteiger partial charge is 0.497 e. The van der Waals surface area contributed by atoms with Crippen molar-refractivity contribution in [2.45, 2.75) is 26.3 Å². The van der Waals surface area contributed by atoms with Crippen LogP contribution in [-0.2, 0) is 0 Å². The van der Waals surface area contributed by atoms with Crippen molar-refractivity contribution in [3.63, 3.8) is 0 Å². The van der Waals surface area contributed by atoms with Crippen LogP contribution in [0.25, 0.3) is 10.6 Å². The molecule has 1 N–H and O–H groups in total. The van der Waals surface area contributed by atoms with Gasteiger partial charge in [0.05, 0.1) is 7.11 Å². The SMILES string of the molecule is CCCNC(C)c1cnc(-c2ccc(OC)cc2F)s1. The average molecular weight is 294 g/mol. The van der Waals surface area contributed by atoms with Crippen LogP contribution < -0.4 is 10.1 Å². The molecule has 0 fully saturated rings. The van der Waals surface area contributed by atoms with E-state index in [-0.39, 0.29) is 11.9 Å². The Bertz CT molecular complexity index is 571. The smallest absolute Gasteiger partial charge is 0.137 e. The third-order valence-electron chi connectivity index (χ3n) is 3.06. The van der Waals surface area contributed by atoms with Crippen LogP contribution in [0.2, 0.25) is 0 Å². The summed E-state index contributed by atoms with van der Waals surface area (Å²) in [6, 6.07) is 5.08. The fourth-order valence-electron chi connectivity index (χ4n) is 1.87. The molecular weight excluding hydrogens is 275 g/mol. The van der Waals surface area contributed by atoms with Crippen molar-refractivity contribution in [3.8, 4) is 16.3 Å². The van der Waals surface area contributed by atoms with Crippen LogP contribution in [0.5, 0.6) is 5.75 Å². The second kappa shape index (κ2) is 6.81. The van der Waals surface area contributed by atoms with Crippen molar-refractivity contribution in [3.05, 3.63) is 35.1 Å². The number of hydrogen-bond acceptors (Lipinski definition) is 4. The van der Waals surface area contributed by atoms with Gasteiger partial charge in [-0.25, -0.2) is 9.37 Å². The summed E-state index contributed by atoms with van der Waals surface area (Å²) in [5.41, 5.74) is 0.518. The Morgan fingerprint density at radius 3 is 2.90 bits per heavy atom. The van der Waals surface area contributed by atoms with Gasteiger partial charge in [0.25, 0.3) is 0 Å². The molecule has 1 atom stereocenters. The maximum atomic E-state index is 14.0. The summed E-state index contributed by atoms with van der Waals surface area (Å²) in [5, 5.41) is 4.10. The average Bonchev–Trinajstić information content (AvgIpc) is 2.94. The van der Waals surface area contributed by atoms with E-state index in [0.29, 0.717) is 16.3 Å². The monoisotopic (exact) mass is 294 g/mol. The molecule has 2 rings (SSSR count). The molecule has 2 aromatic rings. The summed E-state index contributed by atoms with van der Waals surface area (Å²) in [6.45, 7) is 5.19. The Kier molecular flexibility index (Phi) is 5.09. The Labute approximate surface area is 122 Å². The van der Waals surface area contributed by atoms with Gasteiger partial charge in [-0.15, -0.1) is 11.3 Å². The number of aromatic nitrogens is 1. The lowest BCUT2D eigenvalue weighted by molar-refractivity contribution is 0.411. The number of nitrogens with zero attached hydrogens (tertiary/aromatic N) is 1. The Hall–Kier alpha value is -1.46. The van der Waals surface area contributed by atoms with Crippen LogP contribution in [-0.4, -0.2) is 18.6 Å². The number of halogens is 1. The van der Waals surface area contributed by atoms with Crippen LogP contribution in [0, 0.1) is 5.82 Å². The molecule has 0 aliphatic rings. The zero-order valence-corrected chi connectivity index (χ0v) is 12.8. The third-order valence-corrected chi connectivity index (χ3v) is 4.27. The van der Waals surface area contributed by atoms with E-state index >= 15 is 0 Å². The number of nitrogens with one attached hydrogen (secondary N) is 1. The predicted octanol–water partition coefficient (Wildman–Crippen LogP) is 4.02. The van der Waals surface area contributed by atoms with E-state index < -0.39 is 0 Å². The maximum absolute atomic E-state index is 14.0. The minimum atomic E-state index is -0.306. The quantitative estimate of drug-likeness (QED) is 0.873. The second-order valence-electron chi connectivity index (χ2n) is 4.59. The van der Waals surface area contributed by atoms with Gasteiger partial charge in [-0.3, -0.25) is 0 Å². The van der Waals surface area contributed by atoms with Crippen molar-refractivity contribution < 1.29 is 9.13 Å². The van der Waals surface area contributed by atoms with Gasteiger partial charge in [-0.05, 0) is 32.0 Å². The van der Waals surface area contributed by atoms with Gasteiger partial charge >= 0.3 is 0 Å². The van der Waals surface area contributed by atoms with Gasteiger partial charge in [0.2, 0.25) is 0 Å². The van der Waals surface area contributed by atoms with E-state index in [2.05, 4.69) is 24.1 Å². The number of methoxy groups -OCH3 is 1. The second-order valence-corrected chi connectivity index (χ2v) is 5.65.